The molecule has 0 spiro atoms. The first-order chi connectivity index (χ1) is 9.83. The molecule has 0 radical (unpaired) electrons. The Bertz CT molecular complexity index is 555. The molecule has 5 nitrogen and oxygen atoms in total. The summed E-state index contributed by atoms with van der Waals surface area (Å²) in [5.41, 5.74) is 0.958. The van der Waals surface area contributed by atoms with E-state index < -0.39 is 0 Å². The predicted octanol–water partition coefficient (Wildman–Crippen LogP) is 2.61. The van der Waals surface area contributed by atoms with Gasteiger partial charge in [-0.2, -0.15) is 5.10 Å². The summed E-state index contributed by atoms with van der Waals surface area (Å²) in [5.74, 6) is 0.952. The maximum Gasteiger partial charge on any atom is 0.151 e. The molecule has 0 aliphatic carbocycles. The number of piperidine rings is 1. The van der Waals surface area contributed by atoms with Crippen LogP contribution < -0.4 is 10.2 Å². The van der Waals surface area contributed by atoms with Gasteiger partial charge in [0.25, 0.3) is 0 Å². The van der Waals surface area contributed by atoms with Crippen molar-refractivity contribution in [2.75, 3.05) is 23.3 Å². The molecule has 0 atom stereocenters. The fourth-order valence-corrected chi connectivity index (χ4v) is 2.60. The first kappa shape index (κ1) is 13.1. The Morgan fingerprint density at radius 3 is 2.75 bits per heavy atom. The van der Waals surface area contributed by atoms with Gasteiger partial charge in [0.15, 0.2) is 5.82 Å². The molecule has 3 heterocycles. The number of aromatic nitrogens is 3. The van der Waals surface area contributed by atoms with Crippen LogP contribution in [-0.2, 0) is 0 Å². The Morgan fingerprint density at radius 2 is 2.05 bits per heavy atom. The van der Waals surface area contributed by atoms with Gasteiger partial charge in [-0.25, -0.2) is 0 Å². The summed E-state index contributed by atoms with van der Waals surface area (Å²) >= 11 is 6.11. The highest BCUT2D eigenvalue weighted by Crippen LogP contribution is 2.24. The summed E-state index contributed by atoms with van der Waals surface area (Å²) in [6, 6.07) is 6.27. The van der Waals surface area contributed by atoms with Crippen molar-refractivity contribution in [1.82, 2.24) is 15.2 Å². The number of halogens is 1. The maximum absolute atomic E-state index is 6.11. The van der Waals surface area contributed by atoms with E-state index in [4.69, 9.17) is 11.6 Å². The minimum atomic E-state index is 0.433. The molecule has 0 saturated carbocycles. The molecule has 1 aliphatic heterocycles. The molecule has 1 fully saturated rings. The van der Waals surface area contributed by atoms with Crippen LogP contribution in [0.1, 0.15) is 12.8 Å². The van der Waals surface area contributed by atoms with Gasteiger partial charge in [0.05, 0.1) is 10.7 Å². The molecular formula is C14H16ClN5. The molecule has 2 aromatic rings. The zero-order valence-electron chi connectivity index (χ0n) is 11.0. The minimum Gasteiger partial charge on any atom is -0.381 e. The van der Waals surface area contributed by atoms with E-state index in [9.17, 15) is 0 Å². The molecule has 2 aromatic heterocycles. The van der Waals surface area contributed by atoms with Crippen LogP contribution in [0.5, 0.6) is 0 Å². The number of rotatable bonds is 3. The van der Waals surface area contributed by atoms with E-state index in [2.05, 4.69) is 25.4 Å². The van der Waals surface area contributed by atoms with Gasteiger partial charge >= 0.3 is 0 Å². The molecule has 0 bridgehead atoms. The average Bonchev–Trinajstić information content (AvgIpc) is 2.51. The molecule has 6 heteroatoms. The van der Waals surface area contributed by atoms with Gasteiger partial charge in [-0.1, -0.05) is 11.6 Å². The first-order valence-corrected chi connectivity index (χ1v) is 7.09. The smallest absolute Gasteiger partial charge is 0.151 e. The van der Waals surface area contributed by atoms with Crippen LogP contribution in [0.4, 0.5) is 11.5 Å². The molecule has 3 rings (SSSR count). The lowest BCUT2D eigenvalue weighted by Gasteiger charge is -2.33. The van der Waals surface area contributed by atoms with Crippen LogP contribution in [-0.4, -0.2) is 34.3 Å². The molecular weight excluding hydrogens is 274 g/mol. The topological polar surface area (TPSA) is 53.9 Å². The summed E-state index contributed by atoms with van der Waals surface area (Å²) in [6.07, 6.45) is 7.22. The van der Waals surface area contributed by atoms with Crippen LogP contribution in [0, 0.1) is 0 Å². The molecule has 20 heavy (non-hydrogen) atoms. The summed E-state index contributed by atoms with van der Waals surface area (Å²) in [7, 11) is 0. The molecule has 104 valence electrons. The van der Waals surface area contributed by atoms with Crippen LogP contribution in [0.2, 0.25) is 5.02 Å². The van der Waals surface area contributed by atoms with Gasteiger partial charge < -0.3 is 10.2 Å². The maximum atomic E-state index is 6.11. The van der Waals surface area contributed by atoms with Crippen molar-refractivity contribution in [3.8, 4) is 0 Å². The quantitative estimate of drug-likeness (QED) is 0.941. The van der Waals surface area contributed by atoms with Gasteiger partial charge in [0.2, 0.25) is 0 Å². The minimum absolute atomic E-state index is 0.433. The van der Waals surface area contributed by atoms with Crippen molar-refractivity contribution in [1.29, 1.82) is 0 Å². The summed E-state index contributed by atoms with van der Waals surface area (Å²) in [4.78, 5) is 6.26. The largest absolute Gasteiger partial charge is 0.381 e. The van der Waals surface area contributed by atoms with Crippen molar-refractivity contribution in [3.63, 3.8) is 0 Å². The third kappa shape index (κ3) is 2.99. The van der Waals surface area contributed by atoms with Crippen molar-refractivity contribution in [2.45, 2.75) is 18.9 Å². The van der Waals surface area contributed by atoms with Crippen molar-refractivity contribution in [2.24, 2.45) is 0 Å². The van der Waals surface area contributed by atoms with Gasteiger partial charge in [-0.15, -0.1) is 5.10 Å². The predicted molar refractivity (Wildman–Crippen MR) is 80.1 cm³/mol. The summed E-state index contributed by atoms with van der Waals surface area (Å²) in [5, 5.41) is 12.2. The van der Waals surface area contributed by atoms with Gasteiger partial charge in [-0.3, -0.25) is 4.98 Å². The third-order valence-electron chi connectivity index (χ3n) is 3.51. The third-order valence-corrected chi connectivity index (χ3v) is 3.81. The van der Waals surface area contributed by atoms with Crippen LogP contribution in [0.25, 0.3) is 0 Å². The van der Waals surface area contributed by atoms with Gasteiger partial charge in [0, 0.05) is 37.7 Å². The first-order valence-electron chi connectivity index (χ1n) is 6.71. The Kier molecular flexibility index (Phi) is 3.97. The van der Waals surface area contributed by atoms with Gasteiger partial charge in [-0.05, 0) is 31.0 Å². The van der Waals surface area contributed by atoms with E-state index in [1.165, 1.54) is 0 Å². The highest BCUT2D eigenvalue weighted by molar-refractivity contribution is 6.33. The molecule has 0 unspecified atom stereocenters. The number of nitrogens with zero attached hydrogens (tertiary/aromatic N) is 4. The van der Waals surface area contributed by atoms with Crippen LogP contribution >= 0.6 is 11.6 Å². The molecule has 1 aliphatic rings. The highest BCUT2D eigenvalue weighted by Gasteiger charge is 2.20. The number of anilines is 2. The lowest BCUT2D eigenvalue weighted by atomic mass is 10.0. The number of nitrogens with one attached hydrogen (secondary N) is 1. The van der Waals surface area contributed by atoms with Crippen LogP contribution in [0.3, 0.4) is 0 Å². The van der Waals surface area contributed by atoms with Gasteiger partial charge in [0.1, 0.15) is 0 Å². The number of hydrogen-bond donors (Lipinski definition) is 1. The zero-order chi connectivity index (χ0) is 13.8. The van der Waals surface area contributed by atoms with E-state index in [1.807, 2.05) is 18.2 Å². The fraction of sp³-hybridized carbons (Fsp3) is 0.357. The Labute approximate surface area is 123 Å². The fourth-order valence-electron chi connectivity index (χ4n) is 2.43. The second-order valence-corrected chi connectivity index (χ2v) is 5.25. The Morgan fingerprint density at radius 1 is 1.20 bits per heavy atom. The number of pyridine rings is 1. The lowest BCUT2D eigenvalue weighted by Crippen LogP contribution is -2.39. The lowest BCUT2D eigenvalue weighted by molar-refractivity contribution is 0.522. The Hall–Kier alpha value is -1.88. The SMILES string of the molecule is Clc1cnccc1NC1CCN(c2cccnn2)CC1. The second-order valence-electron chi connectivity index (χ2n) is 4.84. The monoisotopic (exact) mass is 289 g/mol. The van der Waals surface area contributed by atoms with E-state index in [0.29, 0.717) is 11.1 Å². The number of hydrogen-bond acceptors (Lipinski definition) is 5. The van der Waals surface area contributed by atoms with Crippen molar-refractivity contribution < 1.29 is 0 Å². The standard InChI is InChI=1S/C14H16ClN5/c15-12-10-16-7-3-13(12)18-11-4-8-20(9-5-11)14-2-1-6-17-19-14/h1-3,6-7,10-11H,4-5,8-9H2,(H,16,18). The van der Waals surface area contributed by atoms with E-state index in [0.717, 1.165) is 37.4 Å². The van der Waals surface area contributed by atoms with Crippen LogP contribution in [0.15, 0.2) is 36.8 Å². The second kappa shape index (κ2) is 6.05. The normalized spacial score (nSPS) is 16.1. The van der Waals surface area contributed by atoms with E-state index in [1.54, 1.807) is 18.6 Å². The Balaban J connectivity index is 1.58. The summed E-state index contributed by atoms with van der Waals surface area (Å²) < 4.78 is 0. The van der Waals surface area contributed by atoms with E-state index >= 15 is 0 Å². The molecule has 1 saturated heterocycles. The van der Waals surface area contributed by atoms with Crippen molar-refractivity contribution >= 4 is 23.1 Å². The van der Waals surface area contributed by atoms with Crippen molar-refractivity contribution in [3.05, 3.63) is 41.8 Å². The molecule has 0 aromatic carbocycles. The van der Waals surface area contributed by atoms with E-state index in [-0.39, 0.29) is 0 Å². The molecule has 1 N–H and O–H groups in total. The average molecular weight is 290 g/mol. The zero-order valence-corrected chi connectivity index (χ0v) is 11.8. The molecule has 0 amide bonds. The highest BCUT2D eigenvalue weighted by atomic mass is 35.5. The summed E-state index contributed by atoms with van der Waals surface area (Å²) in [6.45, 7) is 1.94.